The molecule has 0 aromatic carbocycles. The standard InChI is InChI=1S/C12H16F3NO/c1-4-11(17)10(16)7-8(2)5-6-9(3)12(13,14)15/h5-6,10H,2-4,7,16H2,1H3/b6-5-. The van der Waals surface area contributed by atoms with E-state index >= 15 is 0 Å². The van der Waals surface area contributed by atoms with Gasteiger partial charge in [-0.15, -0.1) is 0 Å². The van der Waals surface area contributed by atoms with Crippen molar-refractivity contribution in [1.29, 1.82) is 0 Å². The maximum Gasteiger partial charge on any atom is 0.415 e. The highest BCUT2D eigenvalue weighted by Gasteiger charge is 2.29. The summed E-state index contributed by atoms with van der Waals surface area (Å²) in [6.07, 6.45) is -2.00. The zero-order valence-electron chi connectivity index (χ0n) is 9.68. The second-order valence-corrected chi connectivity index (χ2v) is 3.65. The van der Waals surface area contributed by atoms with E-state index in [0.717, 1.165) is 6.08 Å². The molecule has 1 unspecified atom stereocenters. The first-order valence-electron chi connectivity index (χ1n) is 5.08. The van der Waals surface area contributed by atoms with E-state index < -0.39 is 17.8 Å². The number of Topliss-reactive ketones (excluding diaryl/α,β-unsaturated/α-hetero) is 1. The summed E-state index contributed by atoms with van der Waals surface area (Å²) < 4.78 is 36.3. The summed E-state index contributed by atoms with van der Waals surface area (Å²) in [5, 5.41) is 0. The molecule has 0 saturated heterocycles. The molecule has 0 bridgehead atoms. The normalized spacial score (nSPS) is 13.7. The molecule has 0 heterocycles. The summed E-state index contributed by atoms with van der Waals surface area (Å²) in [5.41, 5.74) is 4.93. The summed E-state index contributed by atoms with van der Waals surface area (Å²) in [5.74, 6) is -0.144. The lowest BCUT2D eigenvalue weighted by molar-refractivity contribution is -0.119. The molecular weight excluding hydrogens is 231 g/mol. The van der Waals surface area contributed by atoms with E-state index in [1.165, 1.54) is 6.08 Å². The molecule has 0 spiro atoms. The fourth-order valence-electron chi connectivity index (χ4n) is 1.04. The summed E-state index contributed by atoms with van der Waals surface area (Å²) in [6, 6.07) is -0.712. The largest absolute Gasteiger partial charge is 0.415 e. The quantitative estimate of drug-likeness (QED) is 0.733. The third kappa shape index (κ3) is 6.06. The molecule has 5 heteroatoms. The Morgan fingerprint density at radius 2 is 1.88 bits per heavy atom. The Labute approximate surface area is 98.7 Å². The minimum atomic E-state index is -4.45. The zero-order chi connectivity index (χ0) is 13.6. The molecule has 0 aliphatic rings. The average Bonchev–Trinajstić information content (AvgIpc) is 2.23. The molecular formula is C12H16F3NO. The van der Waals surface area contributed by atoms with E-state index in [9.17, 15) is 18.0 Å². The zero-order valence-corrected chi connectivity index (χ0v) is 9.68. The van der Waals surface area contributed by atoms with E-state index in [4.69, 9.17) is 5.73 Å². The van der Waals surface area contributed by atoms with Crippen LogP contribution in [-0.2, 0) is 4.79 Å². The van der Waals surface area contributed by atoms with Crippen molar-refractivity contribution in [3.63, 3.8) is 0 Å². The van der Waals surface area contributed by atoms with Crippen LogP contribution < -0.4 is 5.73 Å². The van der Waals surface area contributed by atoms with Gasteiger partial charge in [0, 0.05) is 12.0 Å². The lowest BCUT2D eigenvalue weighted by atomic mass is 10.0. The van der Waals surface area contributed by atoms with Crippen molar-refractivity contribution >= 4 is 5.78 Å². The number of ketones is 1. The van der Waals surface area contributed by atoms with Crippen molar-refractivity contribution in [2.75, 3.05) is 0 Å². The number of halogens is 3. The van der Waals surface area contributed by atoms with Crippen LogP contribution in [-0.4, -0.2) is 18.0 Å². The van der Waals surface area contributed by atoms with Crippen LogP contribution in [0.4, 0.5) is 13.2 Å². The topological polar surface area (TPSA) is 43.1 Å². The van der Waals surface area contributed by atoms with Crippen molar-refractivity contribution in [3.05, 3.63) is 36.5 Å². The number of alkyl halides is 3. The van der Waals surface area contributed by atoms with Crippen LogP contribution in [0.5, 0.6) is 0 Å². The van der Waals surface area contributed by atoms with E-state index in [-0.39, 0.29) is 12.2 Å². The lowest BCUT2D eigenvalue weighted by Crippen LogP contribution is -2.29. The van der Waals surface area contributed by atoms with Crippen LogP contribution in [0.3, 0.4) is 0 Å². The lowest BCUT2D eigenvalue weighted by Gasteiger charge is -2.09. The van der Waals surface area contributed by atoms with Crippen LogP contribution in [0.1, 0.15) is 19.8 Å². The van der Waals surface area contributed by atoms with E-state index in [2.05, 4.69) is 13.2 Å². The Morgan fingerprint density at radius 1 is 1.35 bits per heavy atom. The second-order valence-electron chi connectivity index (χ2n) is 3.65. The Morgan fingerprint density at radius 3 is 2.29 bits per heavy atom. The summed E-state index contributed by atoms with van der Waals surface area (Å²) in [4.78, 5) is 11.2. The van der Waals surface area contributed by atoms with E-state index in [1.807, 2.05) is 0 Å². The molecule has 1 atom stereocenters. The highest BCUT2D eigenvalue weighted by molar-refractivity contribution is 5.83. The summed E-state index contributed by atoms with van der Waals surface area (Å²) in [6.45, 7) is 8.09. The molecule has 0 fully saturated rings. The fourth-order valence-corrected chi connectivity index (χ4v) is 1.04. The maximum absolute atomic E-state index is 12.1. The molecule has 0 rings (SSSR count). The first-order chi connectivity index (χ1) is 7.68. The molecule has 0 aliphatic carbocycles. The molecule has 0 aromatic heterocycles. The molecule has 2 nitrogen and oxygen atoms in total. The Hall–Kier alpha value is -1.36. The van der Waals surface area contributed by atoms with Gasteiger partial charge >= 0.3 is 6.18 Å². The predicted octanol–water partition coefficient (Wildman–Crippen LogP) is 2.91. The SMILES string of the molecule is C=C(/C=C\C(=C)C(F)(F)F)CC(N)C(=O)CC. The Kier molecular flexibility index (Phi) is 5.88. The Bertz CT molecular complexity index is 342. The highest BCUT2D eigenvalue weighted by Crippen LogP contribution is 2.25. The average molecular weight is 247 g/mol. The van der Waals surface area contributed by atoms with Crippen molar-refractivity contribution in [1.82, 2.24) is 0 Å². The molecule has 0 aromatic rings. The van der Waals surface area contributed by atoms with Crippen LogP contribution >= 0.6 is 0 Å². The molecule has 0 aliphatic heterocycles. The third-order valence-electron chi connectivity index (χ3n) is 2.13. The minimum absolute atomic E-state index is 0.144. The fraction of sp³-hybridized carbons (Fsp3) is 0.417. The summed E-state index contributed by atoms with van der Waals surface area (Å²) in [7, 11) is 0. The van der Waals surface area contributed by atoms with Crippen LogP contribution in [0.2, 0.25) is 0 Å². The number of carbonyl (C=O) groups is 1. The van der Waals surface area contributed by atoms with Gasteiger partial charge in [0.25, 0.3) is 0 Å². The van der Waals surface area contributed by atoms with Gasteiger partial charge in [-0.05, 0) is 6.42 Å². The summed E-state index contributed by atoms with van der Waals surface area (Å²) >= 11 is 0. The molecule has 2 N–H and O–H groups in total. The van der Waals surface area contributed by atoms with Gasteiger partial charge in [-0.3, -0.25) is 4.79 Å². The van der Waals surface area contributed by atoms with Gasteiger partial charge in [-0.1, -0.05) is 37.8 Å². The molecule has 0 amide bonds. The number of allylic oxidation sites excluding steroid dienone is 3. The molecule has 96 valence electrons. The third-order valence-corrected chi connectivity index (χ3v) is 2.13. The first kappa shape index (κ1) is 15.6. The molecule has 17 heavy (non-hydrogen) atoms. The molecule has 0 radical (unpaired) electrons. The van der Waals surface area contributed by atoms with Crippen LogP contribution in [0.25, 0.3) is 0 Å². The number of rotatable bonds is 6. The number of hydrogen-bond donors (Lipinski definition) is 1. The van der Waals surface area contributed by atoms with Gasteiger partial charge in [0.15, 0.2) is 0 Å². The minimum Gasteiger partial charge on any atom is -0.321 e. The number of nitrogens with two attached hydrogens (primary N) is 1. The van der Waals surface area contributed by atoms with Crippen LogP contribution in [0.15, 0.2) is 36.5 Å². The highest BCUT2D eigenvalue weighted by atomic mass is 19.4. The van der Waals surface area contributed by atoms with Gasteiger partial charge in [0.2, 0.25) is 0 Å². The van der Waals surface area contributed by atoms with Gasteiger partial charge in [0.1, 0.15) is 5.78 Å². The van der Waals surface area contributed by atoms with Crippen molar-refractivity contribution < 1.29 is 18.0 Å². The predicted molar refractivity (Wildman–Crippen MR) is 61.4 cm³/mol. The number of carbonyl (C=O) groups excluding carboxylic acids is 1. The Balaban J connectivity index is 4.33. The molecule has 0 saturated carbocycles. The van der Waals surface area contributed by atoms with Gasteiger partial charge < -0.3 is 5.73 Å². The first-order valence-corrected chi connectivity index (χ1v) is 5.08. The van der Waals surface area contributed by atoms with Crippen molar-refractivity contribution in [2.45, 2.75) is 32.0 Å². The smallest absolute Gasteiger partial charge is 0.321 e. The van der Waals surface area contributed by atoms with Gasteiger partial charge in [-0.25, -0.2) is 0 Å². The van der Waals surface area contributed by atoms with Gasteiger partial charge in [-0.2, -0.15) is 13.2 Å². The van der Waals surface area contributed by atoms with E-state index in [0.29, 0.717) is 12.0 Å². The number of hydrogen-bond acceptors (Lipinski definition) is 2. The van der Waals surface area contributed by atoms with E-state index in [1.54, 1.807) is 6.92 Å². The van der Waals surface area contributed by atoms with Crippen molar-refractivity contribution in [2.24, 2.45) is 5.73 Å². The monoisotopic (exact) mass is 247 g/mol. The van der Waals surface area contributed by atoms with Crippen molar-refractivity contribution in [3.8, 4) is 0 Å². The van der Waals surface area contributed by atoms with Crippen LogP contribution in [0, 0.1) is 0 Å². The second kappa shape index (κ2) is 6.39. The van der Waals surface area contributed by atoms with Gasteiger partial charge in [0.05, 0.1) is 6.04 Å². The maximum atomic E-state index is 12.1.